The first-order valence-corrected chi connectivity index (χ1v) is 4.55. The fourth-order valence-corrected chi connectivity index (χ4v) is 0.954. The Labute approximate surface area is 88.7 Å². The molecule has 0 aromatic carbocycles. The van der Waals surface area contributed by atoms with Gasteiger partial charge >= 0.3 is 6.01 Å². The summed E-state index contributed by atoms with van der Waals surface area (Å²) in [5, 5.41) is 0. The van der Waals surface area contributed by atoms with Crippen LogP contribution in [0.25, 0.3) is 6.08 Å². The van der Waals surface area contributed by atoms with E-state index in [2.05, 4.69) is 9.97 Å². The van der Waals surface area contributed by atoms with Gasteiger partial charge in [-0.15, -0.1) is 0 Å². The van der Waals surface area contributed by atoms with E-state index < -0.39 is 0 Å². The average molecular weight is 210 g/mol. The van der Waals surface area contributed by atoms with Crippen molar-refractivity contribution in [3.8, 4) is 11.9 Å². The number of aromatic nitrogens is 2. The predicted molar refractivity (Wildman–Crippen MR) is 55.8 cm³/mol. The summed E-state index contributed by atoms with van der Waals surface area (Å²) in [6.07, 6.45) is 4.93. The van der Waals surface area contributed by atoms with Crippen LogP contribution in [0.5, 0.6) is 11.9 Å². The number of rotatable bonds is 5. The van der Waals surface area contributed by atoms with Crippen LogP contribution in [-0.4, -0.2) is 30.8 Å². The first-order chi connectivity index (χ1) is 7.31. The smallest absolute Gasteiger partial charge is 0.319 e. The quantitative estimate of drug-likeness (QED) is 0.689. The molecule has 5 heteroatoms. The molecular weight excluding hydrogens is 196 g/mol. The normalized spacial score (nSPS) is 10.3. The molecule has 0 radical (unpaired) electrons. The Kier molecular flexibility index (Phi) is 4.40. The van der Waals surface area contributed by atoms with E-state index in [4.69, 9.17) is 14.2 Å². The Bertz CT molecular complexity index is 339. The minimum absolute atomic E-state index is 0.278. The van der Waals surface area contributed by atoms with Gasteiger partial charge in [-0.3, -0.25) is 0 Å². The Morgan fingerprint density at radius 3 is 2.73 bits per heavy atom. The molecule has 1 aromatic heterocycles. The number of hydrogen-bond acceptors (Lipinski definition) is 5. The minimum Gasteiger partial charge on any atom is -0.501 e. The molecule has 0 aliphatic carbocycles. The number of methoxy groups -OCH3 is 2. The van der Waals surface area contributed by atoms with Crippen LogP contribution in [0, 0.1) is 0 Å². The fourth-order valence-electron chi connectivity index (χ4n) is 0.954. The zero-order chi connectivity index (χ0) is 11.1. The lowest BCUT2D eigenvalue weighted by Gasteiger charge is -2.04. The average Bonchev–Trinajstić information content (AvgIpc) is 2.29. The van der Waals surface area contributed by atoms with Crippen LogP contribution in [0.15, 0.2) is 12.5 Å². The maximum atomic E-state index is 5.08. The summed E-state index contributed by atoms with van der Waals surface area (Å²) in [7, 11) is 3.05. The van der Waals surface area contributed by atoms with Crippen molar-refractivity contribution >= 4 is 6.08 Å². The van der Waals surface area contributed by atoms with E-state index in [9.17, 15) is 0 Å². The van der Waals surface area contributed by atoms with Crippen molar-refractivity contribution in [1.29, 1.82) is 0 Å². The van der Waals surface area contributed by atoms with Gasteiger partial charge in [-0.1, -0.05) is 0 Å². The molecule has 0 saturated heterocycles. The van der Waals surface area contributed by atoms with Gasteiger partial charge in [0, 0.05) is 6.20 Å². The summed E-state index contributed by atoms with van der Waals surface area (Å²) in [4.78, 5) is 7.99. The molecule has 0 bridgehead atoms. The summed E-state index contributed by atoms with van der Waals surface area (Å²) >= 11 is 0. The molecule has 0 atom stereocenters. The Morgan fingerprint density at radius 1 is 1.33 bits per heavy atom. The van der Waals surface area contributed by atoms with E-state index in [-0.39, 0.29) is 6.01 Å². The first kappa shape index (κ1) is 11.3. The SMILES string of the molecule is CCO/C=C/c1cnc(OC)nc1OC. The summed E-state index contributed by atoms with van der Waals surface area (Å²) in [6.45, 7) is 2.53. The van der Waals surface area contributed by atoms with E-state index in [1.165, 1.54) is 7.11 Å². The molecule has 1 aromatic rings. The monoisotopic (exact) mass is 210 g/mol. The predicted octanol–water partition coefficient (Wildman–Crippen LogP) is 1.50. The third-order valence-electron chi connectivity index (χ3n) is 1.64. The molecule has 82 valence electrons. The minimum atomic E-state index is 0.278. The molecule has 0 amide bonds. The molecule has 0 aliphatic rings. The van der Waals surface area contributed by atoms with Crippen LogP contribution < -0.4 is 9.47 Å². The fraction of sp³-hybridized carbons (Fsp3) is 0.400. The third-order valence-corrected chi connectivity index (χ3v) is 1.64. The highest BCUT2D eigenvalue weighted by atomic mass is 16.5. The van der Waals surface area contributed by atoms with Gasteiger partial charge in [0.2, 0.25) is 5.88 Å². The van der Waals surface area contributed by atoms with Gasteiger partial charge in [0.15, 0.2) is 0 Å². The summed E-state index contributed by atoms with van der Waals surface area (Å²) < 4.78 is 15.0. The molecule has 0 N–H and O–H groups in total. The van der Waals surface area contributed by atoms with Crippen molar-refractivity contribution in [1.82, 2.24) is 9.97 Å². The molecular formula is C10H14N2O3. The molecule has 1 rings (SSSR count). The largest absolute Gasteiger partial charge is 0.501 e. The van der Waals surface area contributed by atoms with Gasteiger partial charge in [-0.25, -0.2) is 4.98 Å². The molecule has 0 saturated carbocycles. The van der Waals surface area contributed by atoms with E-state index in [0.717, 1.165) is 5.56 Å². The van der Waals surface area contributed by atoms with Crippen LogP contribution in [0.4, 0.5) is 0 Å². The van der Waals surface area contributed by atoms with E-state index in [1.54, 1.807) is 25.6 Å². The highest BCUT2D eigenvalue weighted by Gasteiger charge is 2.04. The van der Waals surface area contributed by atoms with Crippen LogP contribution in [-0.2, 0) is 4.74 Å². The van der Waals surface area contributed by atoms with Gasteiger partial charge in [-0.2, -0.15) is 4.98 Å². The van der Waals surface area contributed by atoms with Gasteiger partial charge in [-0.05, 0) is 13.0 Å². The van der Waals surface area contributed by atoms with E-state index >= 15 is 0 Å². The highest BCUT2D eigenvalue weighted by molar-refractivity contribution is 5.52. The van der Waals surface area contributed by atoms with Crippen molar-refractivity contribution in [2.75, 3.05) is 20.8 Å². The van der Waals surface area contributed by atoms with E-state index in [1.807, 2.05) is 6.92 Å². The lowest BCUT2D eigenvalue weighted by Crippen LogP contribution is -1.97. The molecule has 0 spiro atoms. The van der Waals surface area contributed by atoms with Crippen LogP contribution >= 0.6 is 0 Å². The molecule has 15 heavy (non-hydrogen) atoms. The van der Waals surface area contributed by atoms with Gasteiger partial charge < -0.3 is 14.2 Å². The molecule has 0 fully saturated rings. The number of nitrogens with zero attached hydrogens (tertiary/aromatic N) is 2. The second-order valence-corrected chi connectivity index (χ2v) is 2.58. The van der Waals surface area contributed by atoms with Crippen molar-refractivity contribution in [2.24, 2.45) is 0 Å². The Balaban J connectivity index is 2.87. The second kappa shape index (κ2) is 5.85. The van der Waals surface area contributed by atoms with Gasteiger partial charge in [0.1, 0.15) is 0 Å². The second-order valence-electron chi connectivity index (χ2n) is 2.58. The van der Waals surface area contributed by atoms with E-state index in [0.29, 0.717) is 12.5 Å². The zero-order valence-electron chi connectivity index (χ0n) is 9.06. The first-order valence-electron chi connectivity index (χ1n) is 4.55. The van der Waals surface area contributed by atoms with Crippen LogP contribution in [0.1, 0.15) is 12.5 Å². The zero-order valence-corrected chi connectivity index (χ0v) is 9.06. The van der Waals surface area contributed by atoms with Crippen molar-refractivity contribution in [3.05, 3.63) is 18.0 Å². The number of hydrogen-bond donors (Lipinski definition) is 0. The van der Waals surface area contributed by atoms with Crippen LogP contribution in [0.3, 0.4) is 0 Å². The molecule has 0 aliphatic heterocycles. The molecule has 0 unspecified atom stereocenters. The Morgan fingerprint density at radius 2 is 2.13 bits per heavy atom. The standard InChI is InChI=1S/C10H14N2O3/c1-4-15-6-5-8-7-11-10(14-3)12-9(8)13-2/h5-7H,4H2,1-3H3/b6-5+. The third kappa shape index (κ3) is 3.12. The Hall–Kier alpha value is -1.78. The van der Waals surface area contributed by atoms with Crippen molar-refractivity contribution < 1.29 is 14.2 Å². The highest BCUT2D eigenvalue weighted by Crippen LogP contribution is 2.18. The lowest BCUT2D eigenvalue weighted by molar-refractivity contribution is 0.272. The summed E-state index contributed by atoms with van der Waals surface area (Å²) in [6, 6.07) is 0.278. The lowest BCUT2D eigenvalue weighted by atomic mass is 10.3. The maximum Gasteiger partial charge on any atom is 0.319 e. The van der Waals surface area contributed by atoms with Crippen molar-refractivity contribution in [3.63, 3.8) is 0 Å². The molecule has 5 nitrogen and oxygen atoms in total. The number of ether oxygens (including phenoxy) is 3. The topological polar surface area (TPSA) is 53.5 Å². The van der Waals surface area contributed by atoms with Crippen LogP contribution in [0.2, 0.25) is 0 Å². The van der Waals surface area contributed by atoms with Gasteiger partial charge in [0.05, 0.1) is 32.7 Å². The summed E-state index contributed by atoms with van der Waals surface area (Å²) in [5.41, 5.74) is 0.742. The molecule has 1 heterocycles. The van der Waals surface area contributed by atoms with Crippen molar-refractivity contribution in [2.45, 2.75) is 6.92 Å². The van der Waals surface area contributed by atoms with Gasteiger partial charge in [0.25, 0.3) is 0 Å². The maximum absolute atomic E-state index is 5.08. The summed E-state index contributed by atoms with van der Waals surface area (Å²) in [5.74, 6) is 0.456.